The largest absolute Gasteiger partial charge is 0.457 e. The van der Waals surface area contributed by atoms with Gasteiger partial charge in [-0.05, 0) is 122 Å². The molecule has 6 nitrogen and oxygen atoms in total. The van der Waals surface area contributed by atoms with Crippen molar-refractivity contribution in [1.82, 2.24) is 9.55 Å². The second kappa shape index (κ2) is 16.4. The zero-order valence-corrected chi connectivity index (χ0v) is 40.0. The summed E-state index contributed by atoms with van der Waals surface area (Å²) in [6.45, 7) is 21.0. The Hall–Kier alpha value is -7.62. The maximum atomic E-state index is 9.95. The van der Waals surface area contributed by atoms with E-state index in [1.807, 2.05) is 36.5 Å². The summed E-state index contributed by atoms with van der Waals surface area (Å²) in [6, 6.07) is 60.3. The summed E-state index contributed by atoms with van der Waals surface area (Å²) in [4.78, 5) is 9.97. The summed E-state index contributed by atoms with van der Waals surface area (Å²) >= 11 is 0. The number of hydrogen-bond acceptors (Lipinski definition) is 5. The summed E-state index contributed by atoms with van der Waals surface area (Å²) in [5, 5.41) is 12.0. The highest BCUT2D eigenvalue weighted by Crippen LogP contribution is 2.47. The Bertz CT molecular complexity index is 3370. The van der Waals surface area contributed by atoms with Crippen molar-refractivity contribution in [2.75, 3.05) is 16.5 Å². The van der Waals surface area contributed by atoms with Gasteiger partial charge in [0.05, 0.1) is 34.0 Å². The number of hydrogen-bond donors (Lipinski definition) is 0. The van der Waals surface area contributed by atoms with Gasteiger partial charge in [-0.15, -0.1) is 0 Å². The van der Waals surface area contributed by atoms with E-state index < -0.39 is 0 Å². The molecular formula is C61H57N5O. The standard InChI is InChI=1S/C61H57N5O/c1-59(2,3)44-25-23-42(24-26-44)52-38-63-58(36-53(52)61(7,8)9)66-54-29-22-40(37-62)30-51(54)50-28-27-49(35-57(50)66)67-48-19-15-18-46(34-48)64-39-65(56-21-14-13-20-55(56)64)47-32-43(41-16-11-10-12-17-41)31-45(33-47)60(4,5)6/h10-36,38H,39H2,1-9H3. The third kappa shape index (κ3) is 8.21. The van der Waals surface area contributed by atoms with E-state index in [4.69, 9.17) is 9.72 Å². The quantitative estimate of drug-likeness (QED) is 0.160. The van der Waals surface area contributed by atoms with E-state index in [2.05, 4.69) is 216 Å². The first-order valence-electron chi connectivity index (χ1n) is 23.3. The summed E-state index contributed by atoms with van der Waals surface area (Å²) in [7, 11) is 0. The molecule has 7 aromatic carbocycles. The summed E-state index contributed by atoms with van der Waals surface area (Å²) in [5.74, 6) is 2.25. The van der Waals surface area contributed by atoms with E-state index in [1.165, 1.54) is 27.8 Å². The Labute approximate surface area is 395 Å². The minimum atomic E-state index is -0.170. The lowest BCUT2D eigenvalue weighted by atomic mass is 9.81. The molecule has 67 heavy (non-hydrogen) atoms. The van der Waals surface area contributed by atoms with Gasteiger partial charge in [-0.25, -0.2) is 4.98 Å². The van der Waals surface area contributed by atoms with Crippen LogP contribution in [-0.2, 0) is 16.2 Å². The lowest BCUT2D eigenvalue weighted by molar-refractivity contribution is 0.483. The van der Waals surface area contributed by atoms with Crippen molar-refractivity contribution in [3.63, 3.8) is 0 Å². The summed E-state index contributed by atoms with van der Waals surface area (Å²) in [6.07, 6.45) is 2.02. The Morgan fingerprint density at radius 3 is 1.88 bits per heavy atom. The molecule has 332 valence electrons. The molecule has 10 rings (SSSR count). The number of rotatable bonds is 7. The van der Waals surface area contributed by atoms with Crippen molar-refractivity contribution in [3.8, 4) is 45.6 Å². The van der Waals surface area contributed by atoms with Crippen molar-refractivity contribution < 1.29 is 4.74 Å². The smallest absolute Gasteiger partial charge is 0.137 e. The third-order valence-electron chi connectivity index (χ3n) is 13.2. The number of nitriles is 1. The van der Waals surface area contributed by atoms with Crippen molar-refractivity contribution >= 4 is 44.6 Å². The topological polar surface area (TPSA) is 57.3 Å². The molecule has 0 unspecified atom stereocenters. The first-order valence-corrected chi connectivity index (χ1v) is 23.3. The van der Waals surface area contributed by atoms with Crippen LogP contribution in [0.5, 0.6) is 11.5 Å². The van der Waals surface area contributed by atoms with Gasteiger partial charge in [-0.1, -0.05) is 141 Å². The highest BCUT2D eigenvalue weighted by molar-refractivity contribution is 6.10. The molecular weight excluding hydrogens is 819 g/mol. The monoisotopic (exact) mass is 875 g/mol. The molecule has 0 saturated heterocycles. The van der Waals surface area contributed by atoms with Crippen LogP contribution in [0.3, 0.4) is 0 Å². The predicted octanol–water partition coefficient (Wildman–Crippen LogP) is 16.3. The van der Waals surface area contributed by atoms with E-state index >= 15 is 0 Å². The van der Waals surface area contributed by atoms with Gasteiger partial charge in [-0.2, -0.15) is 5.26 Å². The van der Waals surface area contributed by atoms with E-state index in [0.29, 0.717) is 18.0 Å². The Morgan fingerprint density at radius 1 is 0.507 bits per heavy atom. The molecule has 0 amide bonds. The van der Waals surface area contributed by atoms with Crippen LogP contribution < -0.4 is 14.5 Å². The molecule has 0 fully saturated rings. The van der Waals surface area contributed by atoms with Crippen LogP contribution >= 0.6 is 0 Å². The number of pyridine rings is 1. The fraction of sp³-hybridized carbons (Fsp3) is 0.213. The lowest BCUT2D eigenvalue weighted by Gasteiger charge is -2.26. The number of ether oxygens (including phenoxy) is 1. The summed E-state index contributed by atoms with van der Waals surface area (Å²) in [5.41, 5.74) is 15.4. The van der Waals surface area contributed by atoms with Crippen LogP contribution in [0.15, 0.2) is 170 Å². The van der Waals surface area contributed by atoms with Gasteiger partial charge in [0.2, 0.25) is 0 Å². The van der Waals surface area contributed by atoms with Crippen molar-refractivity contribution in [2.45, 2.75) is 78.6 Å². The molecule has 0 radical (unpaired) electrons. The highest BCUT2D eigenvalue weighted by atomic mass is 16.5. The fourth-order valence-electron chi connectivity index (χ4n) is 9.45. The molecule has 0 spiro atoms. The maximum Gasteiger partial charge on any atom is 0.137 e. The SMILES string of the molecule is CC(C)(C)c1ccc(-c2cnc(-n3c4ccc(C#N)cc4c4ccc(Oc5cccc(N6CN(c7cc(-c8ccccc8)cc(C(C)(C)C)c7)c7ccccc76)c5)cc43)cc2C(C)(C)C)cc1. The molecule has 0 N–H and O–H groups in total. The second-order valence-corrected chi connectivity index (χ2v) is 21.0. The van der Waals surface area contributed by atoms with Crippen molar-refractivity contribution in [3.05, 3.63) is 192 Å². The van der Waals surface area contributed by atoms with Gasteiger partial charge in [0.15, 0.2) is 0 Å². The van der Waals surface area contributed by atoms with Gasteiger partial charge in [-0.3, -0.25) is 4.57 Å². The minimum Gasteiger partial charge on any atom is -0.457 e. The predicted molar refractivity (Wildman–Crippen MR) is 279 cm³/mol. The molecule has 0 aliphatic carbocycles. The van der Waals surface area contributed by atoms with Gasteiger partial charge in [0.25, 0.3) is 0 Å². The Balaban J connectivity index is 1.02. The Morgan fingerprint density at radius 2 is 1.19 bits per heavy atom. The van der Waals surface area contributed by atoms with Gasteiger partial charge in [0.1, 0.15) is 24.0 Å². The van der Waals surface area contributed by atoms with E-state index in [0.717, 1.165) is 67.2 Å². The number of benzene rings is 7. The zero-order valence-electron chi connectivity index (χ0n) is 40.0. The van der Waals surface area contributed by atoms with Gasteiger partial charge < -0.3 is 14.5 Å². The third-order valence-corrected chi connectivity index (χ3v) is 13.2. The highest BCUT2D eigenvalue weighted by Gasteiger charge is 2.30. The van der Waals surface area contributed by atoms with E-state index in [-0.39, 0.29) is 16.2 Å². The van der Waals surface area contributed by atoms with Crippen LogP contribution in [0.1, 0.15) is 84.6 Å². The molecule has 0 atom stereocenters. The average molecular weight is 876 g/mol. The molecule has 0 saturated carbocycles. The molecule has 1 aliphatic rings. The molecule has 9 aromatic rings. The van der Waals surface area contributed by atoms with Crippen LogP contribution in [0, 0.1) is 11.3 Å². The van der Waals surface area contributed by atoms with Gasteiger partial charge in [0, 0.05) is 46.0 Å². The zero-order chi connectivity index (χ0) is 46.8. The molecule has 2 aromatic heterocycles. The number of nitrogens with zero attached hydrogens (tertiary/aromatic N) is 5. The molecule has 0 bridgehead atoms. The normalized spacial score (nSPS) is 13.0. The molecule has 1 aliphatic heterocycles. The Kier molecular flexibility index (Phi) is 10.6. The van der Waals surface area contributed by atoms with E-state index in [1.54, 1.807) is 0 Å². The number of para-hydroxylation sites is 2. The number of aromatic nitrogens is 2. The average Bonchev–Trinajstić information content (AvgIpc) is 3.86. The summed E-state index contributed by atoms with van der Waals surface area (Å²) < 4.78 is 9.01. The van der Waals surface area contributed by atoms with Crippen molar-refractivity contribution in [1.29, 1.82) is 5.26 Å². The van der Waals surface area contributed by atoms with Crippen LogP contribution in [-0.4, -0.2) is 16.2 Å². The van der Waals surface area contributed by atoms with Crippen LogP contribution in [0.4, 0.5) is 22.7 Å². The lowest BCUT2D eigenvalue weighted by Crippen LogP contribution is -2.24. The van der Waals surface area contributed by atoms with E-state index in [9.17, 15) is 5.26 Å². The number of fused-ring (bicyclic) bond motifs is 4. The van der Waals surface area contributed by atoms with Crippen LogP contribution in [0.25, 0.3) is 49.9 Å². The minimum absolute atomic E-state index is 0.0308. The van der Waals surface area contributed by atoms with Gasteiger partial charge >= 0.3 is 0 Å². The van der Waals surface area contributed by atoms with Crippen molar-refractivity contribution in [2.24, 2.45) is 0 Å². The molecule has 6 heteroatoms. The second-order valence-electron chi connectivity index (χ2n) is 21.0. The maximum absolute atomic E-state index is 9.95. The first kappa shape index (κ1) is 43.3. The first-order chi connectivity index (χ1) is 32.0. The molecule has 3 heterocycles. The fourth-order valence-corrected chi connectivity index (χ4v) is 9.45. The number of anilines is 4. The van der Waals surface area contributed by atoms with Crippen LogP contribution in [0.2, 0.25) is 0 Å².